The van der Waals surface area contributed by atoms with Gasteiger partial charge in [-0.3, -0.25) is 4.72 Å². The molecule has 20 heavy (non-hydrogen) atoms. The summed E-state index contributed by atoms with van der Waals surface area (Å²) in [4.78, 5) is 0. The third-order valence-corrected chi connectivity index (χ3v) is 5.08. The van der Waals surface area contributed by atoms with E-state index >= 15 is 0 Å². The van der Waals surface area contributed by atoms with E-state index in [0.29, 0.717) is 11.5 Å². The van der Waals surface area contributed by atoms with Crippen LogP contribution < -0.4 is 10.0 Å². The third-order valence-electron chi connectivity index (χ3n) is 3.23. The molecule has 110 valence electrons. The van der Waals surface area contributed by atoms with Crippen LogP contribution in [0.25, 0.3) is 0 Å². The molecular weight excluding hydrogens is 292 g/mol. The largest absolute Gasteiger partial charge is 0.390 e. The molecule has 0 saturated heterocycles. The molecule has 1 aliphatic rings. The first-order valence-corrected chi connectivity index (χ1v) is 8.10. The van der Waals surface area contributed by atoms with Gasteiger partial charge in [-0.15, -0.1) is 0 Å². The summed E-state index contributed by atoms with van der Waals surface area (Å²) in [6.45, 7) is 5.62. The van der Waals surface area contributed by atoms with Crippen LogP contribution in [0.3, 0.4) is 0 Å². The Morgan fingerprint density at radius 2 is 2.05 bits per heavy atom. The van der Waals surface area contributed by atoms with Gasteiger partial charge in [0.15, 0.2) is 5.11 Å². The zero-order valence-corrected chi connectivity index (χ0v) is 13.5. The van der Waals surface area contributed by atoms with E-state index in [9.17, 15) is 9.32 Å². The first kappa shape index (κ1) is 15.4. The van der Waals surface area contributed by atoms with E-state index in [2.05, 4.69) is 10.0 Å². The topological polar surface area (TPSA) is 61.4 Å². The number of thiocarbonyl (C=S) groups is 1. The van der Waals surface area contributed by atoms with Crippen molar-refractivity contribution in [1.29, 1.82) is 0 Å². The number of fused-ring (bicyclic) bond motifs is 1. The van der Waals surface area contributed by atoms with Crippen LogP contribution in [0, 0.1) is 0 Å². The van der Waals surface area contributed by atoms with Crippen LogP contribution in [-0.4, -0.2) is 25.3 Å². The molecule has 0 amide bonds. The van der Waals surface area contributed by atoms with Crippen molar-refractivity contribution in [3.63, 3.8) is 0 Å². The highest BCUT2D eigenvalue weighted by Gasteiger charge is 2.31. The van der Waals surface area contributed by atoms with Crippen molar-refractivity contribution in [2.45, 2.75) is 44.1 Å². The zero-order chi connectivity index (χ0) is 14.9. The van der Waals surface area contributed by atoms with Crippen LogP contribution in [0.2, 0.25) is 0 Å². The molecular formula is C14H20N2O2S2. The number of rotatable bonds is 2. The maximum atomic E-state index is 12.0. The Bertz CT molecular complexity index is 540. The molecule has 0 bridgehead atoms. The lowest BCUT2D eigenvalue weighted by Crippen LogP contribution is -2.45. The summed E-state index contributed by atoms with van der Waals surface area (Å²) >= 11 is 5.19. The molecule has 6 heteroatoms. The summed E-state index contributed by atoms with van der Waals surface area (Å²) in [6.07, 6.45) is 0.0916. The van der Waals surface area contributed by atoms with Crippen molar-refractivity contribution in [1.82, 2.24) is 10.0 Å². The second-order valence-corrected chi connectivity index (χ2v) is 8.28. The van der Waals surface area contributed by atoms with Gasteiger partial charge in [-0.05, 0) is 44.1 Å². The average Bonchev–Trinajstić information content (AvgIpc) is 2.65. The number of aliphatic hydroxyl groups is 1. The van der Waals surface area contributed by atoms with Crippen molar-refractivity contribution in [3.8, 4) is 0 Å². The maximum Gasteiger partial charge on any atom is 0.178 e. The minimum atomic E-state index is -1.27. The Morgan fingerprint density at radius 1 is 1.40 bits per heavy atom. The Morgan fingerprint density at radius 3 is 2.70 bits per heavy atom. The molecule has 0 fully saturated rings. The molecule has 1 aromatic carbocycles. The number of benzene rings is 1. The minimum Gasteiger partial charge on any atom is -0.390 e. The quantitative estimate of drug-likeness (QED) is 0.726. The van der Waals surface area contributed by atoms with E-state index in [0.717, 1.165) is 11.1 Å². The molecule has 0 radical (unpaired) electrons. The summed E-state index contributed by atoms with van der Waals surface area (Å²) in [7, 11) is -1.27. The summed E-state index contributed by atoms with van der Waals surface area (Å²) in [6, 6.07) is 7.63. The highest BCUT2D eigenvalue weighted by molar-refractivity contribution is 7.87. The molecule has 1 aromatic rings. The van der Waals surface area contributed by atoms with Gasteiger partial charge in [-0.1, -0.05) is 24.3 Å². The van der Waals surface area contributed by atoms with Gasteiger partial charge in [0.1, 0.15) is 11.0 Å². The average molecular weight is 312 g/mol. The first-order chi connectivity index (χ1) is 9.29. The highest BCUT2D eigenvalue weighted by Crippen LogP contribution is 2.31. The molecule has 3 atom stereocenters. The third kappa shape index (κ3) is 3.37. The van der Waals surface area contributed by atoms with Crippen molar-refractivity contribution < 1.29 is 9.32 Å². The van der Waals surface area contributed by atoms with Crippen LogP contribution in [-0.2, 0) is 17.4 Å². The van der Waals surface area contributed by atoms with Crippen molar-refractivity contribution in [2.24, 2.45) is 0 Å². The number of hydrogen-bond acceptors (Lipinski definition) is 3. The van der Waals surface area contributed by atoms with Gasteiger partial charge >= 0.3 is 0 Å². The predicted octanol–water partition coefficient (Wildman–Crippen LogP) is 1.57. The van der Waals surface area contributed by atoms with Gasteiger partial charge in [0, 0.05) is 6.42 Å². The molecule has 0 heterocycles. The standard InChI is InChI=1S/C14H20N2O2S2/c1-14(2,3)20(18)16-13(19)15-12-10-7-5-4-6-9(10)8-11(12)17/h4-7,11-12,17H,8H2,1-3H3,(H2,15,16,19)/t11-,12+,20?/m1/s1. The molecule has 1 aliphatic carbocycles. The van der Waals surface area contributed by atoms with Gasteiger partial charge in [-0.25, -0.2) is 4.21 Å². The van der Waals surface area contributed by atoms with Gasteiger partial charge in [-0.2, -0.15) is 0 Å². The molecule has 0 saturated carbocycles. The first-order valence-electron chi connectivity index (χ1n) is 6.54. The van der Waals surface area contributed by atoms with Crippen LogP contribution in [0.4, 0.5) is 0 Å². The summed E-state index contributed by atoms with van der Waals surface area (Å²) < 4.78 is 14.4. The fraction of sp³-hybridized carbons (Fsp3) is 0.500. The second kappa shape index (κ2) is 5.79. The highest BCUT2D eigenvalue weighted by atomic mass is 32.2. The van der Waals surface area contributed by atoms with E-state index in [1.807, 2.05) is 45.0 Å². The van der Waals surface area contributed by atoms with Gasteiger partial charge in [0.25, 0.3) is 0 Å². The Kier molecular flexibility index (Phi) is 4.46. The zero-order valence-electron chi connectivity index (χ0n) is 11.8. The van der Waals surface area contributed by atoms with E-state index < -0.39 is 21.8 Å². The van der Waals surface area contributed by atoms with E-state index in [4.69, 9.17) is 12.2 Å². The molecule has 4 nitrogen and oxygen atoms in total. The Labute approximate surface area is 127 Å². The van der Waals surface area contributed by atoms with Crippen molar-refractivity contribution in [2.75, 3.05) is 0 Å². The summed E-state index contributed by atoms with van der Waals surface area (Å²) in [5.41, 5.74) is 2.17. The van der Waals surface area contributed by atoms with Gasteiger partial charge in [0.05, 0.1) is 16.9 Å². The lowest BCUT2D eigenvalue weighted by Gasteiger charge is -2.23. The number of aliphatic hydroxyl groups excluding tert-OH is 1. The van der Waals surface area contributed by atoms with E-state index in [-0.39, 0.29) is 6.04 Å². The summed E-state index contributed by atoms with van der Waals surface area (Å²) in [5.74, 6) is 0. The van der Waals surface area contributed by atoms with Crippen LogP contribution in [0.5, 0.6) is 0 Å². The van der Waals surface area contributed by atoms with E-state index in [1.54, 1.807) is 0 Å². The van der Waals surface area contributed by atoms with Crippen LogP contribution in [0.1, 0.15) is 37.9 Å². The van der Waals surface area contributed by atoms with Crippen LogP contribution >= 0.6 is 12.2 Å². The Balaban J connectivity index is 2.04. The molecule has 1 unspecified atom stereocenters. The second-order valence-electron chi connectivity index (χ2n) is 5.90. The van der Waals surface area contributed by atoms with Crippen molar-refractivity contribution in [3.05, 3.63) is 35.4 Å². The predicted molar refractivity (Wildman–Crippen MR) is 85.7 cm³/mol. The molecule has 0 aliphatic heterocycles. The van der Waals surface area contributed by atoms with Gasteiger partial charge < -0.3 is 10.4 Å². The number of nitrogens with one attached hydrogen (secondary N) is 2. The van der Waals surface area contributed by atoms with Gasteiger partial charge in [0.2, 0.25) is 0 Å². The monoisotopic (exact) mass is 312 g/mol. The molecule has 0 spiro atoms. The fourth-order valence-corrected chi connectivity index (χ4v) is 3.04. The summed E-state index contributed by atoms with van der Waals surface area (Å²) in [5, 5.41) is 13.5. The molecule has 3 N–H and O–H groups in total. The lowest BCUT2D eigenvalue weighted by atomic mass is 10.1. The lowest BCUT2D eigenvalue weighted by molar-refractivity contribution is 0.150. The van der Waals surface area contributed by atoms with Crippen LogP contribution in [0.15, 0.2) is 24.3 Å². The normalized spacial score (nSPS) is 23.0. The maximum absolute atomic E-state index is 12.0. The van der Waals surface area contributed by atoms with Crippen molar-refractivity contribution >= 4 is 28.3 Å². The SMILES string of the molecule is CC(C)(C)S(=O)NC(=S)N[C@H]1c2ccccc2C[C@H]1O. The fourth-order valence-electron chi connectivity index (χ4n) is 2.16. The molecule has 0 aromatic heterocycles. The molecule has 2 rings (SSSR count). The number of hydrogen-bond donors (Lipinski definition) is 3. The Hall–Kier alpha value is -0.980. The van der Waals surface area contributed by atoms with E-state index in [1.165, 1.54) is 0 Å². The smallest absolute Gasteiger partial charge is 0.178 e. The minimum absolute atomic E-state index is 0.247.